The lowest BCUT2D eigenvalue weighted by molar-refractivity contribution is -0.121. The fourth-order valence-electron chi connectivity index (χ4n) is 5.05. The van der Waals surface area contributed by atoms with Crippen LogP contribution in [0.3, 0.4) is 0 Å². The van der Waals surface area contributed by atoms with Gasteiger partial charge in [0.25, 0.3) is 5.56 Å². The second-order valence-electron chi connectivity index (χ2n) is 8.78. The van der Waals surface area contributed by atoms with E-state index in [9.17, 15) is 9.59 Å². The molecular weight excluding hydrogens is 428 g/mol. The van der Waals surface area contributed by atoms with Crippen LogP contribution in [0.2, 0.25) is 0 Å². The third kappa shape index (κ3) is 3.06. The summed E-state index contributed by atoms with van der Waals surface area (Å²) in [4.78, 5) is 31.2. The molecule has 2 N–H and O–H groups in total. The summed E-state index contributed by atoms with van der Waals surface area (Å²) < 4.78 is 3.75. The van der Waals surface area contributed by atoms with Gasteiger partial charge in [-0.25, -0.2) is 4.98 Å². The molecule has 1 aliphatic rings. The number of benzene rings is 2. The summed E-state index contributed by atoms with van der Waals surface area (Å²) in [6.45, 7) is 4.98. The van der Waals surface area contributed by atoms with E-state index in [0.717, 1.165) is 39.1 Å². The van der Waals surface area contributed by atoms with Crippen molar-refractivity contribution in [1.29, 1.82) is 0 Å². The van der Waals surface area contributed by atoms with Crippen molar-refractivity contribution >= 4 is 27.7 Å². The molecule has 0 atom stereocenters. The van der Waals surface area contributed by atoms with E-state index in [0.29, 0.717) is 36.2 Å². The Morgan fingerprint density at radius 2 is 1.85 bits per heavy atom. The first-order valence-corrected chi connectivity index (χ1v) is 11.4. The van der Waals surface area contributed by atoms with E-state index in [-0.39, 0.29) is 18.0 Å². The van der Waals surface area contributed by atoms with Gasteiger partial charge in [0.15, 0.2) is 5.82 Å². The zero-order valence-corrected chi connectivity index (χ0v) is 19.1. The number of H-pyrrole nitrogens is 1. The Morgan fingerprint density at radius 1 is 1.09 bits per heavy atom. The smallest absolute Gasteiger partial charge is 0.261 e. The second kappa shape index (κ2) is 7.69. The number of carbonyl (C=O) groups is 1. The average Bonchev–Trinajstić information content (AvgIpc) is 3.34. The summed E-state index contributed by atoms with van der Waals surface area (Å²) in [6.07, 6.45) is 0.713. The van der Waals surface area contributed by atoms with Gasteiger partial charge < -0.3 is 9.88 Å². The number of nitrogens with zero attached hydrogens (tertiary/aromatic N) is 4. The summed E-state index contributed by atoms with van der Waals surface area (Å²) in [6, 6.07) is 15.5. The molecule has 1 amide bonds. The molecule has 5 aromatic rings. The number of aromatic amines is 1. The van der Waals surface area contributed by atoms with Crippen molar-refractivity contribution in [1.82, 2.24) is 29.6 Å². The Labute approximate surface area is 195 Å². The Bertz CT molecular complexity index is 1640. The summed E-state index contributed by atoms with van der Waals surface area (Å²) in [5.74, 6) is 0.513. The van der Waals surface area contributed by atoms with E-state index in [1.165, 1.54) is 0 Å². The number of rotatable bonds is 4. The lowest BCUT2D eigenvalue weighted by Crippen LogP contribution is -2.30. The molecule has 2 aromatic carbocycles. The van der Waals surface area contributed by atoms with Crippen LogP contribution in [0, 0.1) is 13.8 Å². The molecule has 3 aromatic heterocycles. The first kappa shape index (κ1) is 20.4. The molecular formula is C26H24N6O2. The van der Waals surface area contributed by atoms with Gasteiger partial charge in [-0.1, -0.05) is 30.3 Å². The van der Waals surface area contributed by atoms with E-state index in [2.05, 4.69) is 21.6 Å². The molecule has 8 nitrogen and oxygen atoms in total. The fraction of sp³-hybridized carbons (Fsp3) is 0.231. The lowest BCUT2D eigenvalue weighted by Gasteiger charge is -2.21. The first-order chi connectivity index (χ1) is 16.5. The Balaban J connectivity index is 1.46. The number of fused-ring (bicyclic) bond motifs is 6. The number of hydrogen-bond donors (Lipinski definition) is 2. The van der Waals surface area contributed by atoms with Crippen molar-refractivity contribution in [2.75, 3.05) is 0 Å². The molecule has 0 bridgehead atoms. The van der Waals surface area contributed by atoms with E-state index in [1.807, 2.05) is 60.9 Å². The van der Waals surface area contributed by atoms with Gasteiger partial charge in [-0.3, -0.25) is 19.3 Å². The van der Waals surface area contributed by atoms with Crippen molar-refractivity contribution in [3.8, 4) is 11.5 Å². The minimum Gasteiger partial charge on any atom is -0.350 e. The fourth-order valence-corrected chi connectivity index (χ4v) is 5.05. The molecule has 170 valence electrons. The third-order valence-corrected chi connectivity index (χ3v) is 6.78. The summed E-state index contributed by atoms with van der Waals surface area (Å²) >= 11 is 0. The molecule has 0 fully saturated rings. The highest BCUT2D eigenvalue weighted by Crippen LogP contribution is 2.36. The van der Waals surface area contributed by atoms with Crippen molar-refractivity contribution in [3.63, 3.8) is 0 Å². The van der Waals surface area contributed by atoms with E-state index < -0.39 is 0 Å². The Morgan fingerprint density at radius 3 is 2.65 bits per heavy atom. The van der Waals surface area contributed by atoms with Crippen LogP contribution in [0.5, 0.6) is 0 Å². The van der Waals surface area contributed by atoms with Crippen LogP contribution >= 0.6 is 0 Å². The quantitative estimate of drug-likeness (QED) is 0.437. The van der Waals surface area contributed by atoms with Crippen LogP contribution in [0.4, 0.5) is 0 Å². The number of aryl methyl sites for hydroxylation is 3. The largest absolute Gasteiger partial charge is 0.350 e. The topological polar surface area (TPSA) is 97.6 Å². The van der Waals surface area contributed by atoms with Gasteiger partial charge >= 0.3 is 0 Å². The SMILES string of the molecule is Cc1n[nH]c(C)c1CNC(=O)Cn1c2c(c3ccccc31)CCn1c-2nc2ccccc2c1=O. The zero-order valence-electron chi connectivity index (χ0n) is 19.1. The standard InChI is InChI=1S/C26H24N6O2/c1-15-20(16(2)30-29-15)13-27-23(33)14-32-22-10-6-4-7-17(22)18-11-12-31-25(24(18)32)28-21-9-5-3-8-19(21)26(31)34/h3-10H,11-14H2,1-2H3,(H,27,33)(H,29,30). The number of carbonyl (C=O) groups excluding carboxylic acids is 1. The van der Waals surface area contributed by atoms with Gasteiger partial charge in [0.05, 0.1) is 22.3 Å². The van der Waals surface area contributed by atoms with Gasteiger partial charge in [0.1, 0.15) is 6.54 Å². The van der Waals surface area contributed by atoms with Crippen molar-refractivity contribution in [2.45, 2.75) is 39.9 Å². The molecule has 4 heterocycles. The average molecular weight is 453 g/mol. The molecule has 0 saturated carbocycles. The number of hydrogen-bond acceptors (Lipinski definition) is 4. The van der Waals surface area contributed by atoms with E-state index >= 15 is 0 Å². The number of para-hydroxylation sites is 2. The summed E-state index contributed by atoms with van der Waals surface area (Å²) in [5.41, 5.74) is 6.40. The van der Waals surface area contributed by atoms with E-state index in [4.69, 9.17) is 4.98 Å². The maximum Gasteiger partial charge on any atom is 0.261 e. The molecule has 0 unspecified atom stereocenters. The molecule has 0 aliphatic carbocycles. The first-order valence-electron chi connectivity index (χ1n) is 11.4. The van der Waals surface area contributed by atoms with Gasteiger partial charge in [-0.05, 0) is 44.0 Å². The molecule has 8 heteroatoms. The van der Waals surface area contributed by atoms with Crippen LogP contribution in [0.25, 0.3) is 33.3 Å². The van der Waals surface area contributed by atoms with Gasteiger partial charge in [0.2, 0.25) is 5.91 Å². The normalized spacial score (nSPS) is 12.6. The van der Waals surface area contributed by atoms with Gasteiger partial charge in [-0.15, -0.1) is 0 Å². The highest BCUT2D eigenvalue weighted by molar-refractivity contribution is 5.93. The van der Waals surface area contributed by atoms with Crippen molar-refractivity contribution < 1.29 is 4.79 Å². The predicted molar refractivity (Wildman–Crippen MR) is 131 cm³/mol. The third-order valence-electron chi connectivity index (χ3n) is 6.78. The molecule has 0 radical (unpaired) electrons. The Kier molecular flexibility index (Phi) is 4.62. The number of nitrogens with one attached hydrogen (secondary N) is 2. The van der Waals surface area contributed by atoms with Gasteiger partial charge in [-0.2, -0.15) is 5.10 Å². The molecule has 6 rings (SSSR count). The van der Waals surface area contributed by atoms with Gasteiger partial charge in [0, 0.05) is 35.2 Å². The van der Waals surface area contributed by atoms with Crippen LogP contribution in [-0.2, 0) is 30.8 Å². The molecule has 34 heavy (non-hydrogen) atoms. The highest BCUT2D eigenvalue weighted by atomic mass is 16.2. The summed E-state index contributed by atoms with van der Waals surface area (Å²) in [7, 11) is 0. The van der Waals surface area contributed by atoms with Crippen LogP contribution < -0.4 is 10.9 Å². The lowest BCUT2D eigenvalue weighted by atomic mass is 10.0. The number of amides is 1. The second-order valence-corrected chi connectivity index (χ2v) is 8.78. The van der Waals surface area contributed by atoms with Crippen LogP contribution in [0.15, 0.2) is 53.3 Å². The Hall–Kier alpha value is -4.20. The summed E-state index contributed by atoms with van der Waals surface area (Å²) in [5, 5.41) is 11.9. The molecule has 1 aliphatic heterocycles. The maximum atomic E-state index is 13.3. The van der Waals surface area contributed by atoms with E-state index in [1.54, 1.807) is 4.57 Å². The minimum atomic E-state index is -0.108. The molecule has 0 saturated heterocycles. The maximum absolute atomic E-state index is 13.3. The van der Waals surface area contributed by atoms with Crippen LogP contribution in [-0.4, -0.2) is 30.2 Å². The minimum absolute atomic E-state index is 0.0431. The van der Waals surface area contributed by atoms with Crippen molar-refractivity contribution in [2.24, 2.45) is 0 Å². The van der Waals surface area contributed by atoms with Crippen molar-refractivity contribution in [3.05, 3.63) is 81.4 Å². The van der Waals surface area contributed by atoms with Crippen LogP contribution in [0.1, 0.15) is 22.5 Å². The predicted octanol–water partition coefficient (Wildman–Crippen LogP) is 3.23. The zero-order chi connectivity index (χ0) is 23.4. The monoisotopic (exact) mass is 452 g/mol. The highest BCUT2D eigenvalue weighted by Gasteiger charge is 2.28. The molecule has 0 spiro atoms. The number of aromatic nitrogens is 5.